The summed E-state index contributed by atoms with van der Waals surface area (Å²) in [5.74, 6) is -0.412. The summed E-state index contributed by atoms with van der Waals surface area (Å²) < 4.78 is 3.18. The monoisotopic (exact) mass is 257 g/mol. The topological polar surface area (TPSA) is 85.8 Å². The number of aryl methyl sites for hydroxylation is 1. The number of carbonyl (C=O) groups is 1. The molecule has 3 rings (SSSR count). The van der Waals surface area contributed by atoms with Gasteiger partial charge in [0.05, 0.1) is 17.2 Å². The standard InChI is InChI=1S/C12H11N5O2/c1-16-6-9(14-15-16)12-13-8-4-2-3-5-10(8)17(12)7-11(18)19/h2-6H,7H2,1H3,(H,18,19). The molecule has 19 heavy (non-hydrogen) atoms. The maximum Gasteiger partial charge on any atom is 0.323 e. The van der Waals surface area contributed by atoms with Crippen molar-refractivity contribution in [3.63, 3.8) is 0 Å². The molecule has 7 nitrogen and oxygen atoms in total. The number of benzene rings is 1. The number of imidazole rings is 1. The molecule has 2 heterocycles. The molecule has 0 aliphatic rings. The molecular weight excluding hydrogens is 246 g/mol. The lowest BCUT2D eigenvalue weighted by atomic mass is 10.3. The van der Waals surface area contributed by atoms with Gasteiger partial charge < -0.3 is 9.67 Å². The Kier molecular flexibility index (Phi) is 2.52. The molecular formula is C12H11N5O2. The van der Waals surface area contributed by atoms with Crippen LogP contribution in [-0.2, 0) is 18.4 Å². The average Bonchev–Trinajstić information content (AvgIpc) is 2.94. The van der Waals surface area contributed by atoms with E-state index in [4.69, 9.17) is 5.11 Å². The number of carboxylic acids is 1. The molecule has 0 amide bonds. The second-order valence-electron chi connectivity index (χ2n) is 4.18. The van der Waals surface area contributed by atoms with Gasteiger partial charge in [0.1, 0.15) is 12.2 Å². The van der Waals surface area contributed by atoms with Crippen LogP contribution in [0.1, 0.15) is 0 Å². The van der Waals surface area contributed by atoms with Crippen molar-refractivity contribution in [3.05, 3.63) is 30.5 Å². The van der Waals surface area contributed by atoms with Gasteiger partial charge in [-0.25, -0.2) is 4.98 Å². The van der Waals surface area contributed by atoms with E-state index in [0.29, 0.717) is 11.5 Å². The molecule has 0 aliphatic heterocycles. The zero-order valence-electron chi connectivity index (χ0n) is 10.2. The molecule has 0 unspecified atom stereocenters. The molecule has 3 aromatic rings. The molecule has 2 aromatic heterocycles. The molecule has 0 saturated heterocycles. The predicted octanol–water partition coefficient (Wildman–Crippen LogP) is 0.916. The minimum absolute atomic E-state index is 0.160. The molecule has 0 spiro atoms. The van der Waals surface area contributed by atoms with Crippen molar-refractivity contribution in [2.45, 2.75) is 6.54 Å². The maximum absolute atomic E-state index is 11.0. The number of fused-ring (bicyclic) bond motifs is 1. The number of carboxylic acid groups (broad SMARTS) is 1. The molecule has 96 valence electrons. The summed E-state index contributed by atoms with van der Waals surface area (Å²) in [5, 5.41) is 16.9. The minimum Gasteiger partial charge on any atom is -0.480 e. The fraction of sp³-hybridized carbons (Fsp3) is 0.167. The first-order chi connectivity index (χ1) is 9.15. The Morgan fingerprint density at radius 1 is 1.37 bits per heavy atom. The molecule has 7 heteroatoms. The second-order valence-corrected chi connectivity index (χ2v) is 4.18. The average molecular weight is 257 g/mol. The van der Waals surface area contributed by atoms with E-state index in [0.717, 1.165) is 11.0 Å². The Hall–Kier alpha value is -2.70. The van der Waals surface area contributed by atoms with E-state index in [-0.39, 0.29) is 6.54 Å². The normalized spacial score (nSPS) is 11.0. The molecule has 1 aromatic carbocycles. The van der Waals surface area contributed by atoms with Gasteiger partial charge in [0, 0.05) is 7.05 Å². The smallest absolute Gasteiger partial charge is 0.323 e. The first-order valence-corrected chi connectivity index (χ1v) is 5.69. The van der Waals surface area contributed by atoms with Crippen LogP contribution in [0.4, 0.5) is 0 Å². The summed E-state index contributed by atoms with van der Waals surface area (Å²) in [7, 11) is 1.75. The van der Waals surface area contributed by atoms with Gasteiger partial charge in [-0.3, -0.25) is 9.48 Å². The van der Waals surface area contributed by atoms with Gasteiger partial charge in [0.15, 0.2) is 5.82 Å². The van der Waals surface area contributed by atoms with Gasteiger partial charge in [-0.05, 0) is 12.1 Å². The number of hydrogen-bond donors (Lipinski definition) is 1. The van der Waals surface area contributed by atoms with Crippen LogP contribution in [0.2, 0.25) is 0 Å². The van der Waals surface area contributed by atoms with E-state index in [2.05, 4.69) is 15.3 Å². The molecule has 0 bridgehead atoms. The zero-order valence-corrected chi connectivity index (χ0v) is 10.2. The van der Waals surface area contributed by atoms with Gasteiger partial charge >= 0.3 is 5.97 Å². The van der Waals surface area contributed by atoms with Crippen LogP contribution in [0.3, 0.4) is 0 Å². The van der Waals surface area contributed by atoms with E-state index in [1.807, 2.05) is 24.3 Å². The summed E-state index contributed by atoms with van der Waals surface area (Å²) in [5.41, 5.74) is 2.06. The highest BCUT2D eigenvalue weighted by Gasteiger charge is 2.16. The van der Waals surface area contributed by atoms with E-state index in [1.165, 1.54) is 0 Å². The fourth-order valence-corrected chi connectivity index (χ4v) is 2.02. The Morgan fingerprint density at radius 3 is 2.84 bits per heavy atom. The summed E-state index contributed by atoms with van der Waals surface area (Å²) in [6.07, 6.45) is 1.71. The van der Waals surface area contributed by atoms with Crippen molar-refractivity contribution < 1.29 is 9.90 Å². The first kappa shape index (κ1) is 11.4. The number of nitrogens with zero attached hydrogens (tertiary/aromatic N) is 5. The molecule has 0 aliphatic carbocycles. The van der Waals surface area contributed by atoms with Crippen molar-refractivity contribution in [2.75, 3.05) is 0 Å². The highest BCUT2D eigenvalue weighted by molar-refractivity contribution is 5.82. The molecule has 0 radical (unpaired) electrons. The Morgan fingerprint density at radius 2 is 2.16 bits per heavy atom. The SMILES string of the molecule is Cn1cc(-c2nc3ccccc3n2CC(=O)O)nn1. The quantitative estimate of drug-likeness (QED) is 0.754. The predicted molar refractivity (Wildman–Crippen MR) is 67.4 cm³/mol. The maximum atomic E-state index is 11.0. The van der Waals surface area contributed by atoms with Crippen molar-refractivity contribution in [1.29, 1.82) is 0 Å². The number of aliphatic carboxylic acids is 1. The van der Waals surface area contributed by atoms with Gasteiger partial charge in [0.2, 0.25) is 0 Å². The Balaban J connectivity index is 2.25. The Bertz CT molecular complexity index is 758. The second kappa shape index (κ2) is 4.20. The van der Waals surface area contributed by atoms with Crippen molar-refractivity contribution >= 4 is 17.0 Å². The van der Waals surface area contributed by atoms with Gasteiger partial charge in [-0.2, -0.15) is 0 Å². The van der Waals surface area contributed by atoms with Crippen molar-refractivity contribution in [1.82, 2.24) is 24.5 Å². The van der Waals surface area contributed by atoms with Crippen LogP contribution in [-0.4, -0.2) is 35.6 Å². The number of aromatic nitrogens is 5. The molecule has 1 N–H and O–H groups in total. The van der Waals surface area contributed by atoms with Crippen LogP contribution in [0, 0.1) is 0 Å². The van der Waals surface area contributed by atoms with Gasteiger partial charge in [-0.1, -0.05) is 17.3 Å². The highest BCUT2D eigenvalue weighted by Crippen LogP contribution is 2.22. The lowest BCUT2D eigenvalue weighted by Crippen LogP contribution is -2.10. The first-order valence-electron chi connectivity index (χ1n) is 5.69. The number of para-hydroxylation sites is 2. The molecule has 0 saturated carbocycles. The van der Waals surface area contributed by atoms with E-state index >= 15 is 0 Å². The summed E-state index contributed by atoms with van der Waals surface area (Å²) in [4.78, 5) is 15.4. The summed E-state index contributed by atoms with van der Waals surface area (Å²) in [6.45, 7) is -0.160. The fourth-order valence-electron chi connectivity index (χ4n) is 2.02. The van der Waals surface area contributed by atoms with Crippen LogP contribution >= 0.6 is 0 Å². The van der Waals surface area contributed by atoms with Crippen molar-refractivity contribution in [3.8, 4) is 11.5 Å². The third-order valence-corrected chi connectivity index (χ3v) is 2.78. The summed E-state index contributed by atoms with van der Waals surface area (Å²) in [6, 6.07) is 7.39. The highest BCUT2D eigenvalue weighted by atomic mass is 16.4. The van der Waals surface area contributed by atoms with Gasteiger partial charge in [0.25, 0.3) is 0 Å². The van der Waals surface area contributed by atoms with Crippen LogP contribution in [0.15, 0.2) is 30.5 Å². The Labute approximate surface area is 108 Å². The largest absolute Gasteiger partial charge is 0.480 e. The van der Waals surface area contributed by atoms with Gasteiger partial charge in [-0.15, -0.1) is 5.10 Å². The minimum atomic E-state index is -0.923. The van der Waals surface area contributed by atoms with E-state index < -0.39 is 5.97 Å². The van der Waals surface area contributed by atoms with Crippen LogP contribution in [0.5, 0.6) is 0 Å². The van der Waals surface area contributed by atoms with Crippen molar-refractivity contribution in [2.24, 2.45) is 7.05 Å². The molecule has 0 atom stereocenters. The summed E-state index contributed by atoms with van der Waals surface area (Å²) >= 11 is 0. The van der Waals surface area contributed by atoms with Crippen LogP contribution in [0.25, 0.3) is 22.6 Å². The lowest BCUT2D eigenvalue weighted by molar-refractivity contribution is -0.137. The third-order valence-electron chi connectivity index (χ3n) is 2.78. The number of rotatable bonds is 3. The molecule has 0 fully saturated rings. The van der Waals surface area contributed by atoms with Crippen LogP contribution < -0.4 is 0 Å². The lowest BCUT2D eigenvalue weighted by Gasteiger charge is -2.03. The van der Waals surface area contributed by atoms with E-state index in [9.17, 15) is 4.79 Å². The van der Waals surface area contributed by atoms with E-state index in [1.54, 1.807) is 22.5 Å². The number of hydrogen-bond acceptors (Lipinski definition) is 4. The zero-order chi connectivity index (χ0) is 13.4. The third kappa shape index (κ3) is 1.95.